The first-order valence-corrected chi connectivity index (χ1v) is 8.04. The zero-order valence-corrected chi connectivity index (χ0v) is 14.2. The van der Waals surface area contributed by atoms with Gasteiger partial charge < -0.3 is 5.32 Å². The lowest BCUT2D eigenvalue weighted by atomic mass is 10.1. The average molecular weight is 359 g/mol. The van der Waals surface area contributed by atoms with Crippen LogP contribution in [0.5, 0.6) is 0 Å². The number of halogens is 3. The summed E-state index contributed by atoms with van der Waals surface area (Å²) in [4.78, 5) is 0. The summed E-state index contributed by atoms with van der Waals surface area (Å²) in [5.74, 6) is -3.43. The van der Waals surface area contributed by atoms with Crippen LogP contribution in [0.2, 0.25) is 0 Å². The Labute approximate surface area is 151 Å². The van der Waals surface area contributed by atoms with Gasteiger partial charge in [-0.25, -0.2) is 4.39 Å². The van der Waals surface area contributed by atoms with Crippen LogP contribution in [0.1, 0.15) is 12.7 Å². The standard InChI is InChI=1S/C20H18F3N3.H2/c1-3-20(22,23)19-12-18(26(2)25-19)14-8-10-16(11-9-14)24-13-15-6-4-5-7-17(15)21;/h3-12,24H,1,13H2,2H3;1H. The molecular formula is C20H20F3N3. The Bertz CT molecular complexity index is 920. The predicted molar refractivity (Wildman–Crippen MR) is 98.6 cm³/mol. The molecule has 0 saturated heterocycles. The van der Waals surface area contributed by atoms with E-state index >= 15 is 0 Å². The molecule has 0 amide bonds. The molecule has 0 unspecified atom stereocenters. The highest BCUT2D eigenvalue weighted by molar-refractivity contribution is 5.63. The number of allylic oxidation sites excluding steroid dienone is 1. The quantitative estimate of drug-likeness (QED) is 0.600. The second kappa shape index (κ2) is 7.07. The van der Waals surface area contributed by atoms with E-state index in [0.29, 0.717) is 23.9 Å². The van der Waals surface area contributed by atoms with Crippen molar-refractivity contribution in [3.05, 3.63) is 84.3 Å². The molecule has 0 atom stereocenters. The summed E-state index contributed by atoms with van der Waals surface area (Å²) in [6.45, 7) is 3.50. The SMILES string of the molecule is C=CC(F)(F)c1cc(-c2ccc(NCc3ccccc3F)cc2)n(C)n1.[HH]. The minimum atomic E-state index is -3.17. The molecule has 0 aliphatic rings. The Kier molecular flexibility index (Phi) is 4.84. The van der Waals surface area contributed by atoms with E-state index in [-0.39, 0.29) is 12.9 Å². The lowest BCUT2D eigenvalue weighted by molar-refractivity contribution is 0.0470. The van der Waals surface area contributed by atoms with Crippen molar-refractivity contribution in [2.75, 3.05) is 5.32 Å². The Morgan fingerprint density at radius 2 is 1.88 bits per heavy atom. The van der Waals surface area contributed by atoms with Crippen LogP contribution in [0.15, 0.2) is 67.3 Å². The lowest BCUT2D eigenvalue weighted by Crippen LogP contribution is -2.10. The minimum absolute atomic E-state index is 0. The molecule has 136 valence electrons. The maximum atomic E-state index is 13.7. The topological polar surface area (TPSA) is 29.9 Å². The molecule has 0 spiro atoms. The number of aromatic nitrogens is 2. The Morgan fingerprint density at radius 3 is 2.54 bits per heavy atom. The molecule has 6 heteroatoms. The summed E-state index contributed by atoms with van der Waals surface area (Å²) >= 11 is 0. The van der Waals surface area contributed by atoms with Crippen molar-refractivity contribution in [1.82, 2.24) is 9.78 Å². The van der Waals surface area contributed by atoms with Crippen LogP contribution in [0.4, 0.5) is 18.9 Å². The van der Waals surface area contributed by atoms with E-state index in [2.05, 4.69) is 17.0 Å². The number of hydrogen-bond acceptors (Lipinski definition) is 2. The maximum absolute atomic E-state index is 13.7. The van der Waals surface area contributed by atoms with Crippen LogP contribution < -0.4 is 5.32 Å². The summed E-state index contributed by atoms with van der Waals surface area (Å²) in [7, 11) is 1.61. The number of benzene rings is 2. The lowest BCUT2D eigenvalue weighted by Gasteiger charge is -2.08. The van der Waals surface area contributed by atoms with Crippen LogP contribution in [0.3, 0.4) is 0 Å². The van der Waals surface area contributed by atoms with Gasteiger partial charge in [0.2, 0.25) is 0 Å². The first kappa shape index (κ1) is 17.8. The highest BCUT2D eigenvalue weighted by Gasteiger charge is 2.31. The summed E-state index contributed by atoms with van der Waals surface area (Å²) in [6.07, 6.45) is 0.578. The molecule has 3 rings (SSSR count). The van der Waals surface area contributed by atoms with E-state index < -0.39 is 5.92 Å². The monoisotopic (exact) mass is 359 g/mol. The molecular weight excluding hydrogens is 339 g/mol. The van der Waals surface area contributed by atoms with Gasteiger partial charge in [0.1, 0.15) is 11.5 Å². The van der Waals surface area contributed by atoms with Gasteiger partial charge in [-0.3, -0.25) is 4.68 Å². The van der Waals surface area contributed by atoms with Gasteiger partial charge in [-0.1, -0.05) is 36.9 Å². The number of rotatable bonds is 6. The molecule has 2 aromatic carbocycles. The molecule has 1 heterocycles. The van der Waals surface area contributed by atoms with Crippen molar-refractivity contribution in [2.24, 2.45) is 7.05 Å². The molecule has 0 aliphatic carbocycles. The fourth-order valence-corrected chi connectivity index (χ4v) is 2.60. The highest BCUT2D eigenvalue weighted by atomic mass is 19.3. The zero-order valence-electron chi connectivity index (χ0n) is 14.2. The zero-order chi connectivity index (χ0) is 18.7. The number of nitrogens with one attached hydrogen (secondary N) is 1. The molecule has 3 aromatic rings. The number of alkyl halides is 2. The molecule has 0 bridgehead atoms. The first-order valence-electron chi connectivity index (χ1n) is 8.04. The smallest absolute Gasteiger partial charge is 0.309 e. The van der Waals surface area contributed by atoms with Crippen molar-refractivity contribution in [1.29, 1.82) is 0 Å². The second-order valence-electron chi connectivity index (χ2n) is 5.89. The average Bonchev–Trinajstić information content (AvgIpc) is 3.04. The van der Waals surface area contributed by atoms with Crippen molar-refractivity contribution in [2.45, 2.75) is 12.5 Å². The van der Waals surface area contributed by atoms with Gasteiger partial charge >= 0.3 is 5.92 Å². The molecule has 0 radical (unpaired) electrons. The van der Waals surface area contributed by atoms with Crippen molar-refractivity contribution in [3.8, 4) is 11.3 Å². The van der Waals surface area contributed by atoms with Gasteiger partial charge in [-0.2, -0.15) is 13.9 Å². The Morgan fingerprint density at radius 1 is 1.19 bits per heavy atom. The van der Waals surface area contributed by atoms with E-state index in [9.17, 15) is 13.2 Å². The van der Waals surface area contributed by atoms with E-state index in [0.717, 1.165) is 11.3 Å². The van der Waals surface area contributed by atoms with Crippen molar-refractivity contribution >= 4 is 5.69 Å². The third-order valence-electron chi connectivity index (χ3n) is 4.10. The van der Waals surface area contributed by atoms with E-state index in [1.807, 2.05) is 12.1 Å². The van der Waals surface area contributed by atoms with Crippen molar-refractivity contribution in [3.63, 3.8) is 0 Å². The number of nitrogens with zero attached hydrogens (tertiary/aromatic N) is 2. The van der Waals surface area contributed by atoms with Gasteiger partial charge in [0.25, 0.3) is 0 Å². The first-order chi connectivity index (χ1) is 12.4. The van der Waals surface area contributed by atoms with Crippen LogP contribution in [0.25, 0.3) is 11.3 Å². The van der Waals surface area contributed by atoms with Gasteiger partial charge in [0.05, 0.1) is 5.69 Å². The largest absolute Gasteiger partial charge is 0.381 e. The third kappa shape index (κ3) is 3.64. The normalized spacial score (nSPS) is 11.4. The van der Waals surface area contributed by atoms with Crippen molar-refractivity contribution < 1.29 is 14.6 Å². The Balaban J connectivity index is 0.00000261. The molecule has 1 aromatic heterocycles. The maximum Gasteiger partial charge on any atom is 0.309 e. The Hall–Kier alpha value is -3.02. The number of anilines is 1. The predicted octanol–water partition coefficient (Wildman–Crippen LogP) is 5.36. The van der Waals surface area contributed by atoms with Crippen LogP contribution >= 0.6 is 0 Å². The molecule has 0 fully saturated rings. The number of aryl methyl sites for hydroxylation is 1. The molecule has 3 nitrogen and oxygen atoms in total. The fourth-order valence-electron chi connectivity index (χ4n) is 2.60. The van der Waals surface area contributed by atoms with E-state index in [1.165, 1.54) is 16.8 Å². The van der Waals surface area contributed by atoms with Gasteiger partial charge in [-0.15, -0.1) is 0 Å². The molecule has 1 N–H and O–H groups in total. The van der Waals surface area contributed by atoms with Crippen LogP contribution in [-0.2, 0) is 19.5 Å². The summed E-state index contributed by atoms with van der Waals surface area (Å²) in [5, 5.41) is 7.01. The summed E-state index contributed by atoms with van der Waals surface area (Å²) < 4.78 is 42.5. The van der Waals surface area contributed by atoms with E-state index in [1.54, 1.807) is 37.4 Å². The number of hydrogen-bond donors (Lipinski definition) is 1. The molecule has 0 saturated carbocycles. The molecule has 26 heavy (non-hydrogen) atoms. The third-order valence-corrected chi connectivity index (χ3v) is 4.10. The van der Waals surface area contributed by atoms with Gasteiger partial charge in [-0.05, 0) is 35.9 Å². The van der Waals surface area contributed by atoms with Crippen LogP contribution in [0, 0.1) is 5.82 Å². The van der Waals surface area contributed by atoms with Gasteiger partial charge in [0, 0.05) is 26.3 Å². The second-order valence-corrected chi connectivity index (χ2v) is 5.89. The van der Waals surface area contributed by atoms with Gasteiger partial charge in [0.15, 0.2) is 0 Å². The summed E-state index contributed by atoms with van der Waals surface area (Å²) in [6, 6.07) is 15.1. The van der Waals surface area contributed by atoms with E-state index in [4.69, 9.17) is 0 Å². The van der Waals surface area contributed by atoms with Crippen LogP contribution in [-0.4, -0.2) is 9.78 Å². The highest BCUT2D eigenvalue weighted by Crippen LogP contribution is 2.31. The fraction of sp³-hybridized carbons (Fsp3) is 0.150. The minimum Gasteiger partial charge on any atom is -0.381 e. The molecule has 0 aliphatic heterocycles. The summed E-state index contributed by atoms with van der Waals surface area (Å²) in [5.41, 5.74) is 2.35.